The van der Waals surface area contributed by atoms with Crippen molar-refractivity contribution in [3.8, 4) is 0 Å². The summed E-state index contributed by atoms with van der Waals surface area (Å²) in [7, 11) is -3.10. The van der Waals surface area contributed by atoms with Crippen molar-refractivity contribution in [2.75, 3.05) is 7.05 Å². The summed E-state index contributed by atoms with van der Waals surface area (Å²) in [4.78, 5) is 0. The first-order valence-electron chi connectivity index (χ1n) is 8.06. The molecule has 0 aliphatic heterocycles. The van der Waals surface area contributed by atoms with Gasteiger partial charge in [-0.05, 0) is 65.7 Å². The highest BCUT2D eigenvalue weighted by Crippen LogP contribution is 2.28. The topological polar surface area (TPSA) is 21.7 Å². The molecule has 0 aromatic rings. The Morgan fingerprint density at radius 3 is 1.75 bits per heavy atom. The standard InChI is InChI=1S/C14H35NO2Si3/c1-15(14-12-10-9-11-13-14)19(5,6)17-20(7,8)16-18(2,3)4/h14H,9-13H2,1-8H3. The molecule has 0 amide bonds. The van der Waals surface area contributed by atoms with E-state index in [4.69, 9.17) is 8.23 Å². The fourth-order valence-corrected chi connectivity index (χ4v) is 16.3. The first kappa shape index (κ1) is 18.6. The van der Waals surface area contributed by atoms with E-state index in [1.54, 1.807) is 0 Å². The number of hydrogen-bond donors (Lipinski definition) is 0. The van der Waals surface area contributed by atoms with Crippen LogP contribution in [0.5, 0.6) is 0 Å². The van der Waals surface area contributed by atoms with E-state index in [2.05, 4.69) is 57.4 Å². The van der Waals surface area contributed by atoms with Crippen molar-refractivity contribution >= 4 is 25.4 Å². The van der Waals surface area contributed by atoms with Gasteiger partial charge in [0, 0.05) is 6.04 Å². The zero-order valence-corrected chi connectivity index (χ0v) is 17.9. The molecular weight excluding hydrogens is 298 g/mol. The second-order valence-corrected chi connectivity index (χ2v) is 20.3. The summed E-state index contributed by atoms with van der Waals surface area (Å²) in [5.41, 5.74) is 0. The first-order chi connectivity index (χ1) is 8.93. The first-order valence-corrected chi connectivity index (χ1v) is 17.1. The number of nitrogens with zero attached hydrogens (tertiary/aromatic N) is 1. The summed E-state index contributed by atoms with van der Waals surface area (Å²) in [5.74, 6) is 0. The fraction of sp³-hybridized carbons (Fsp3) is 1.00. The van der Waals surface area contributed by atoms with Crippen molar-refractivity contribution < 1.29 is 8.23 Å². The lowest BCUT2D eigenvalue weighted by Gasteiger charge is -2.45. The Bertz CT molecular complexity index is 310. The zero-order chi connectivity index (χ0) is 15.6. The summed E-state index contributed by atoms with van der Waals surface area (Å²) in [6, 6.07) is 0.724. The Labute approximate surface area is 129 Å². The van der Waals surface area contributed by atoms with E-state index in [1.807, 2.05) is 0 Å². The third kappa shape index (κ3) is 6.11. The van der Waals surface area contributed by atoms with Gasteiger partial charge >= 0.3 is 8.56 Å². The van der Waals surface area contributed by atoms with Crippen LogP contribution in [0, 0.1) is 0 Å². The maximum atomic E-state index is 6.63. The van der Waals surface area contributed by atoms with Gasteiger partial charge in [-0.2, -0.15) is 0 Å². The molecular formula is C14H35NO2Si3. The molecule has 6 heteroatoms. The molecule has 0 aromatic carbocycles. The molecule has 1 aliphatic carbocycles. The van der Waals surface area contributed by atoms with Crippen LogP contribution >= 0.6 is 0 Å². The summed E-state index contributed by atoms with van der Waals surface area (Å²) in [5, 5.41) is 0. The molecule has 0 heterocycles. The van der Waals surface area contributed by atoms with E-state index in [0.29, 0.717) is 0 Å². The predicted molar refractivity (Wildman–Crippen MR) is 95.1 cm³/mol. The van der Waals surface area contributed by atoms with Crippen molar-refractivity contribution in [2.45, 2.75) is 84.0 Å². The van der Waals surface area contributed by atoms with E-state index in [9.17, 15) is 0 Å². The maximum absolute atomic E-state index is 6.63. The molecule has 0 saturated heterocycles. The van der Waals surface area contributed by atoms with Gasteiger partial charge < -0.3 is 12.8 Å². The van der Waals surface area contributed by atoms with Crippen LogP contribution in [0.3, 0.4) is 0 Å². The van der Waals surface area contributed by atoms with Crippen molar-refractivity contribution in [1.29, 1.82) is 0 Å². The highest BCUT2D eigenvalue weighted by molar-refractivity contribution is 6.86. The minimum Gasteiger partial charge on any atom is -0.437 e. The lowest BCUT2D eigenvalue weighted by atomic mass is 9.96. The Morgan fingerprint density at radius 2 is 1.30 bits per heavy atom. The smallest absolute Gasteiger partial charge is 0.312 e. The SMILES string of the molecule is CN(C1CCCCC1)[Si](C)(C)O[Si](C)(C)O[Si](C)(C)C. The molecule has 0 unspecified atom stereocenters. The highest BCUT2D eigenvalue weighted by Gasteiger charge is 2.42. The molecule has 1 fully saturated rings. The van der Waals surface area contributed by atoms with Gasteiger partial charge in [0.15, 0.2) is 8.32 Å². The van der Waals surface area contributed by atoms with Crippen LogP contribution in [0.4, 0.5) is 0 Å². The molecule has 0 spiro atoms. The molecule has 0 aromatic heterocycles. The molecule has 120 valence electrons. The quantitative estimate of drug-likeness (QED) is 0.667. The van der Waals surface area contributed by atoms with Crippen molar-refractivity contribution in [3.05, 3.63) is 0 Å². The Balaban J connectivity index is 2.67. The second kappa shape index (κ2) is 6.75. The van der Waals surface area contributed by atoms with E-state index in [0.717, 1.165) is 6.04 Å². The van der Waals surface area contributed by atoms with Crippen LogP contribution in [0.1, 0.15) is 32.1 Å². The van der Waals surface area contributed by atoms with Gasteiger partial charge in [0.25, 0.3) is 8.48 Å². The van der Waals surface area contributed by atoms with Crippen molar-refractivity contribution in [2.24, 2.45) is 0 Å². The average molecular weight is 334 g/mol. The van der Waals surface area contributed by atoms with Gasteiger partial charge in [0.05, 0.1) is 0 Å². The van der Waals surface area contributed by atoms with E-state index in [1.165, 1.54) is 32.1 Å². The third-order valence-electron chi connectivity index (χ3n) is 4.02. The lowest BCUT2D eigenvalue weighted by Crippen LogP contribution is -2.60. The van der Waals surface area contributed by atoms with E-state index < -0.39 is 25.4 Å². The van der Waals surface area contributed by atoms with Gasteiger partial charge in [-0.25, -0.2) is 0 Å². The number of rotatable bonds is 6. The second-order valence-electron chi connectivity index (χ2n) is 8.07. The molecule has 1 saturated carbocycles. The van der Waals surface area contributed by atoms with Crippen LogP contribution in [-0.2, 0) is 8.23 Å². The Kier molecular flexibility index (Phi) is 6.27. The molecule has 1 aliphatic rings. The number of hydrogen-bond acceptors (Lipinski definition) is 3. The van der Waals surface area contributed by atoms with Crippen molar-refractivity contribution in [1.82, 2.24) is 4.57 Å². The van der Waals surface area contributed by atoms with E-state index >= 15 is 0 Å². The molecule has 0 N–H and O–H groups in total. The normalized spacial score (nSPS) is 19.6. The van der Waals surface area contributed by atoms with Gasteiger partial charge in [0.2, 0.25) is 0 Å². The molecule has 0 atom stereocenters. The third-order valence-corrected chi connectivity index (χ3v) is 14.5. The monoisotopic (exact) mass is 333 g/mol. The highest BCUT2D eigenvalue weighted by atomic mass is 28.5. The average Bonchev–Trinajstić information content (AvgIpc) is 2.24. The van der Waals surface area contributed by atoms with Gasteiger partial charge in [0.1, 0.15) is 0 Å². The summed E-state index contributed by atoms with van der Waals surface area (Å²) < 4.78 is 15.6. The van der Waals surface area contributed by atoms with Gasteiger partial charge in [-0.1, -0.05) is 19.3 Å². The van der Waals surface area contributed by atoms with Crippen molar-refractivity contribution in [3.63, 3.8) is 0 Å². The van der Waals surface area contributed by atoms with E-state index in [-0.39, 0.29) is 0 Å². The molecule has 0 bridgehead atoms. The lowest BCUT2D eigenvalue weighted by molar-refractivity contribution is 0.242. The van der Waals surface area contributed by atoms with Crippen LogP contribution < -0.4 is 0 Å². The predicted octanol–water partition coefficient (Wildman–Crippen LogP) is 4.52. The Hall–Kier alpha value is 0.531. The Morgan fingerprint density at radius 1 is 0.800 bits per heavy atom. The molecule has 3 nitrogen and oxygen atoms in total. The van der Waals surface area contributed by atoms with Crippen LogP contribution in [0.15, 0.2) is 0 Å². The largest absolute Gasteiger partial charge is 0.437 e. The van der Waals surface area contributed by atoms with Crippen LogP contribution in [0.2, 0.25) is 45.8 Å². The minimum absolute atomic E-state index is 0.724. The summed E-state index contributed by atoms with van der Waals surface area (Å²) >= 11 is 0. The van der Waals surface area contributed by atoms with Crippen LogP contribution in [-0.4, -0.2) is 43.0 Å². The minimum atomic E-state index is -2.02. The van der Waals surface area contributed by atoms with Gasteiger partial charge in [-0.3, -0.25) is 0 Å². The summed E-state index contributed by atoms with van der Waals surface area (Å²) in [6.45, 7) is 15.9. The fourth-order valence-electron chi connectivity index (χ4n) is 3.34. The van der Waals surface area contributed by atoms with Gasteiger partial charge in [-0.15, -0.1) is 0 Å². The van der Waals surface area contributed by atoms with Crippen LogP contribution in [0.25, 0.3) is 0 Å². The summed E-state index contributed by atoms with van der Waals surface area (Å²) in [6.07, 6.45) is 6.85. The maximum Gasteiger partial charge on any atom is 0.312 e. The molecule has 20 heavy (non-hydrogen) atoms. The molecule has 0 radical (unpaired) electrons. The molecule has 1 rings (SSSR count). The zero-order valence-electron chi connectivity index (χ0n) is 14.9.